The number of nitrogens with one attached hydrogen (secondary N) is 1. The molecule has 0 saturated carbocycles. The highest BCUT2D eigenvalue weighted by Gasteiger charge is 2.30. The zero-order valence-corrected chi connectivity index (χ0v) is 21.4. The third-order valence-electron chi connectivity index (χ3n) is 5.35. The summed E-state index contributed by atoms with van der Waals surface area (Å²) < 4.78 is 50.9. The number of carboxylic acids is 1. The summed E-state index contributed by atoms with van der Waals surface area (Å²) in [4.78, 5) is 28.5. The third-order valence-corrected chi connectivity index (χ3v) is 6.46. The largest absolute Gasteiger partial charge is 0.490 e. The van der Waals surface area contributed by atoms with Gasteiger partial charge in [0.05, 0.1) is 28.8 Å². The van der Waals surface area contributed by atoms with Crippen molar-refractivity contribution in [2.45, 2.75) is 19.5 Å². The van der Waals surface area contributed by atoms with Crippen LogP contribution in [0.15, 0.2) is 66.7 Å². The molecule has 0 aliphatic rings. The molecule has 0 aliphatic carbocycles. The molecule has 3 aromatic carbocycles. The van der Waals surface area contributed by atoms with Gasteiger partial charge >= 0.3 is 12.1 Å². The number of thiazole rings is 1. The van der Waals surface area contributed by atoms with Gasteiger partial charge in [0.25, 0.3) is 5.91 Å². The van der Waals surface area contributed by atoms with E-state index in [1.54, 1.807) is 31.2 Å². The van der Waals surface area contributed by atoms with Crippen LogP contribution in [0.1, 0.15) is 29.5 Å². The Labute approximate surface area is 225 Å². The van der Waals surface area contributed by atoms with E-state index < -0.39 is 30.2 Å². The van der Waals surface area contributed by atoms with Crippen molar-refractivity contribution >= 4 is 50.8 Å². The van der Waals surface area contributed by atoms with Gasteiger partial charge in [0, 0.05) is 5.69 Å². The maximum Gasteiger partial charge on any atom is 0.416 e. The van der Waals surface area contributed by atoms with E-state index in [1.807, 2.05) is 24.3 Å². The van der Waals surface area contributed by atoms with Gasteiger partial charge in [-0.15, -0.1) is 11.3 Å². The second-order valence-corrected chi connectivity index (χ2v) is 9.31. The second-order valence-electron chi connectivity index (χ2n) is 8.28. The number of fused-ring (bicyclic) bond motifs is 1. The molecule has 2 N–H and O–H groups in total. The van der Waals surface area contributed by atoms with E-state index in [-0.39, 0.29) is 17.9 Å². The number of alkyl halides is 3. The van der Waals surface area contributed by atoms with Crippen LogP contribution in [0, 0.1) is 0 Å². The number of rotatable bonds is 10. The van der Waals surface area contributed by atoms with E-state index in [0.717, 1.165) is 22.3 Å². The maximum absolute atomic E-state index is 12.9. The molecule has 39 heavy (non-hydrogen) atoms. The van der Waals surface area contributed by atoms with Gasteiger partial charge in [-0.3, -0.25) is 9.59 Å². The highest BCUT2D eigenvalue weighted by Crippen LogP contribution is 2.34. The predicted octanol–water partition coefficient (Wildman–Crippen LogP) is 6.75. The van der Waals surface area contributed by atoms with Gasteiger partial charge in [0.15, 0.2) is 18.1 Å². The van der Waals surface area contributed by atoms with Crippen molar-refractivity contribution < 1.29 is 37.3 Å². The molecule has 0 aliphatic heterocycles. The molecule has 0 spiro atoms. The Morgan fingerprint density at radius 1 is 1.03 bits per heavy atom. The third kappa shape index (κ3) is 7.35. The minimum absolute atomic E-state index is 0.00949. The number of aromatic nitrogens is 1. The van der Waals surface area contributed by atoms with Crippen molar-refractivity contribution in [3.05, 3.63) is 82.9 Å². The zero-order chi connectivity index (χ0) is 28.0. The smallest absolute Gasteiger partial charge is 0.416 e. The van der Waals surface area contributed by atoms with Crippen LogP contribution in [0.5, 0.6) is 11.5 Å². The first-order valence-electron chi connectivity index (χ1n) is 11.8. The van der Waals surface area contributed by atoms with Crippen molar-refractivity contribution in [3.63, 3.8) is 0 Å². The molecular formula is C28H23F3N2O5S. The molecule has 0 radical (unpaired) electrons. The van der Waals surface area contributed by atoms with Crippen LogP contribution in [0.2, 0.25) is 0 Å². The number of carboxylic acid groups (broad SMARTS) is 1. The number of benzene rings is 3. The number of para-hydroxylation sites is 1. The fourth-order valence-corrected chi connectivity index (χ4v) is 4.66. The summed E-state index contributed by atoms with van der Waals surface area (Å²) in [5.41, 5.74) is 1.03. The molecule has 0 bridgehead atoms. The van der Waals surface area contributed by atoms with E-state index in [0.29, 0.717) is 28.5 Å². The molecule has 4 rings (SSSR count). The van der Waals surface area contributed by atoms with Crippen molar-refractivity contribution in [2.24, 2.45) is 0 Å². The summed E-state index contributed by atoms with van der Waals surface area (Å²) in [5, 5.41) is 12.4. The lowest BCUT2D eigenvalue weighted by Gasteiger charge is -2.14. The Hall–Kier alpha value is -4.38. The lowest BCUT2D eigenvalue weighted by atomic mass is 10.1. The molecule has 0 saturated heterocycles. The SMILES string of the molecule is CCOc1cc(/C=C(/CC(=O)O)c2nc3ccccc3s2)ccc1OCC(=O)Nc1cccc(C(F)(F)F)c1. The van der Waals surface area contributed by atoms with Gasteiger partial charge in [-0.1, -0.05) is 24.3 Å². The number of aliphatic carboxylic acids is 1. The van der Waals surface area contributed by atoms with Crippen molar-refractivity contribution in [1.29, 1.82) is 0 Å². The number of ether oxygens (including phenoxy) is 2. The fraction of sp³-hybridized carbons (Fsp3) is 0.179. The number of carbonyl (C=O) groups is 2. The molecule has 1 heterocycles. The van der Waals surface area contributed by atoms with Crippen molar-refractivity contribution in [1.82, 2.24) is 4.98 Å². The first-order valence-corrected chi connectivity index (χ1v) is 12.6. The Morgan fingerprint density at radius 2 is 1.82 bits per heavy atom. The maximum atomic E-state index is 12.9. The number of hydrogen-bond acceptors (Lipinski definition) is 6. The van der Waals surface area contributed by atoms with Gasteiger partial charge in [-0.2, -0.15) is 13.2 Å². The number of anilines is 1. The Bertz CT molecular complexity index is 1500. The summed E-state index contributed by atoms with van der Waals surface area (Å²) in [5.74, 6) is -1.09. The second kappa shape index (κ2) is 12.0. The molecule has 0 fully saturated rings. The van der Waals surface area contributed by atoms with Crippen molar-refractivity contribution in [2.75, 3.05) is 18.5 Å². The lowest BCUT2D eigenvalue weighted by molar-refractivity contribution is -0.138. The van der Waals surface area contributed by atoms with Crippen molar-refractivity contribution in [3.8, 4) is 11.5 Å². The molecular weight excluding hydrogens is 533 g/mol. The van der Waals surface area contributed by atoms with Crippen LogP contribution < -0.4 is 14.8 Å². The van der Waals surface area contributed by atoms with E-state index >= 15 is 0 Å². The summed E-state index contributed by atoms with van der Waals surface area (Å²) in [6.07, 6.45) is -3.06. The molecule has 202 valence electrons. The normalized spacial score (nSPS) is 11.8. The number of hydrogen-bond donors (Lipinski definition) is 2. The standard InChI is InChI=1S/C28H23F3N2O5S/c1-2-37-23-13-17(12-18(14-26(35)36)27-33-21-8-3-4-9-24(21)39-27)10-11-22(23)38-16-25(34)32-20-7-5-6-19(15-20)28(29,30)31/h3-13,15H,2,14,16H2,1H3,(H,32,34)(H,35,36)/b18-12-. The monoisotopic (exact) mass is 556 g/mol. The summed E-state index contributed by atoms with van der Waals surface area (Å²) in [7, 11) is 0. The fourth-order valence-electron chi connectivity index (χ4n) is 3.68. The first-order chi connectivity index (χ1) is 18.6. The molecule has 1 amide bonds. The zero-order valence-electron chi connectivity index (χ0n) is 20.6. The van der Waals surface area contributed by atoms with Crippen LogP contribution in [-0.4, -0.2) is 35.2 Å². The molecule has 0 unspecified atom stereocenters. The van der Waals surface area contributed by atoms with Gasteiger partial charge < -0.3 is 19.9 Å². The highest BCUT2D eigenvalue weighted by molar-refractivity contribution is 7.19. The molecule has 7 nitrogen and oxygen atoms in total. The Kier molecular flexibility index (Phi) is 8.50. The summed E-state index contributed by atoms with van der Waals surface area (Å²) in [6, 6.07) is 16.7. The predicted molar refractivity (Wildman–Crippen MR) is 143 cm³/mol. The summed E-state index contributed by atoms with van der Waals surface area (Å²) in [6.45, 7) is 1.59. The van der Waals surface area contributed by atoms with Crippen LogP contribution >= 0.6 is 11.3 Å². The van der Waals surface area contributed by atoms with Crippen LogP contribution in [-0.2, 0) is 15.8 Å². The minimum atomic E-state index is -4.53. The van der Waals surface area contributed by atoms with Crippen LogP contribution in [0.4, 0.5) is 18.9 Å². The molecule has 11 heteroatoms. The number of amides is 1. The van der Waals surface area contributed by atoms with Crippen LogP contribution in [0.25, 0.3) is 21.9 Å². The van der Waals surface area contributed by atoms with Gasteiger partial charge in [-0.05, 0) is 66.6 Å². The molecule has 1 aromatic heterocycles. The number of halogens is 3. The lowest BCUT2D eigenvalue weighted by Crippen LogP contribution is -2.20. The van der Waals surface area contributed by atoms with Gasteiger partial charge in [0.2, 0.25) is 0 Å². The van der Waals surface area contributed by atoms with E-state index in [1.165, 1.54) is 23.5 Å². The van der Waals surface area contributed by atoms with E-state index in [2.05, 4.69) is 10.3 Å². The van der Waals surface area contributed by atoms with Crippen LogP contribution in [0.3, 0.4) is 0 Å². The van der Waals surface area contributed by atoms with Gasteiger partial charge in [-0.25, -0.2) is 4.98 Å². The van der Waals surface area contributed by atoms with E-state index in [9.17, 15) is 27.9 Å². The highest BCUT2D eigenvalue weighted by atomic mass is 32.1. The molecule has 4 aromatic rings. The Morgan fingerprint density at radius 3 is 2.54 bits per heavy atom. The summed E-state index contributed by atoms with van der Waals surface area (Å²) >= 11 is 1.39. The topological polar surface area (TPSA) is 97.8 Å². The number of nitrogens with zero attached hydrogens (tertiary/aromatic N) is 1. The molecule has 0 atom stereocenters. The minimum Gasteiger partial charge on any atom is -0.490 e. The van der Waals surface area contributed by atoms with E-state index in [4.69, 9.17) is 9.47 Å². The average molecular weight is 557 g/mol. The average Bonchev–Trinajstić information content (AvgIpc) is 3.32. The first kappa shape index (κ1) is 27.6. The Balaban J connectivity index is 1.52. The van der Waals surface area contributed by atoms with Gasteiger partial charge in [0.1, 0.15) is 5.01 Å². The quantitative estimate of drug-likeness (QED) is 0.224. The number of carbonyl (C=O) groups excluding carboxylic acids is 1.